The predicted molar refractivity (Wildman–Crippen MR) is 76.5 cm³/mol. The minimum Gasteiger partial charge on any atom is -0.341 e. The summed E-state index contributed by atoms with van der Waals surface area (Å²) in [7, 11) is 0. The van der Waals surface area contributed by atoms with Crippen molar-refractivity contribution in [3.8, 4) is 0 Å². The summed E-state index contributed by atoms with van der Waals surface area (Å²) in [5, 5.41) is 12.0. The molecule has 4 heteroatoms. The largest absolute Gasteiger partial charge is 0.341 e. The van der Waals surface area contributed by atoms with Crippen molar-refractivity contribution in [3.63, 3.8) is 0 Å². The van der Waals surface area contributed by atoms with E-state index in [1.807, 2.05) is 42.5 Å². The van der Waals surface area contributed by atoms with Crippen molar-refractivity contribution in [1.29, 1.82) is 0 Å². The molecule has 0 aromatic heterocycles. The highest BCUT2D eigenvalue weighted by Gasteiger charge is 2.13. The van der Waals surface area contributed by atoms with Gasteiger partial charge in [0.2, 0.25) is 6.29 Å². The molecule has 0 saturated heterocycles. The number of rotatable bonds is 4. The molecule has 1 radical (unpaired) electrons. The molecule has 2 aromatic carbocycles. The van der Waals surface area contributed by atoms with Crippen LogP contribution in [0.25, 0.3) is 0 Å². The SMILES string of the molecule is [O]C(OCc1ccccc1Br)c1ccccc1Br. The van der Waals surface area contributed by atoms with Crippen LogP contribution in [0.4, 0.5) is 0 Å². The van der Waals surface area contributed by atoms with Crippen LogP contribution in [0.2, 0.25) is 0 Å². The molecule has 2 rings (SSSR count). The van der Waals surface area contributed by atoms with E-state index in [9.17, 15) is 5.11 Å². The van der Waals surface area contributed by atoms with Crippen LogP contribution in [0.15, 0.2) is 57.5 Å². The van der Waals surface area contributed by atoms with Gasteiger partial charge < -0.3 is 4.74 Å². The van der Waals surface area contributed by atoms with E-state index in [0.29, 0.717) is 5.56 Å². The van der Waals surface area contributed by atoms with Crippen LogP contribution in [0.1, 0.15) is 17.4 Å². The molecule has 0 N–H and O–H groups in total. The first-order valence-electron chi connectivity index (χ1n) is 5.43. The van der Waals surface area contributed by atoms with Gasteiger partial charge in [0.1, 0.15) is 0 Å². The summed E-state index contributed by atoms with van der Waals surface area (Å²) in [5.74, 6) is 0. The zero-order valence-electron chi connectivity index (χ0n) is 9.48. The molecule has 0 amide bonds. The Morgan fingerprint density at radius 1 is 0.944 bits per heavy atom. The molecule has 2 aromatic rings. The van der Waals surface area contributed by atoms with E-state index in [1.165, 1.54) is 0 Å². The molecule has 0 heterocycles. The number of ether oxygens (including phenoxy) is 1. The minimum atomic E-state index is -1.19. The molecule has 1 unspecified atom stereocenters. The summed E-state index contributed by atoms with van der Waals surface area (Å²) in [6.45, 7) is 0.289. The standard InChI is InChI=1S/C14H11Br2O2/c15-12-7-3-1-5-10(12)9-18-14(17)11-6-2-4-8-13(11)16/h1-8,14H,9H2. The third-order valence-electron chi connectivity index (χ3n) is 2.51. The van der Waals surface area contributed by atoms with E-state index >= 15 is 0 Å². The van der Waals surface area contributed by atoms with E-state index in [0.717, 1.165) is 14.5 Å². The molecule has 0 spiro atoms. The number of hydrogen-bond acceptors (Lipinski definition) is 1. The van der Waals surface area contributed by atoms with E-state index in [1.54, 1.807) is 6.07 Å². The lowest BCUT2D eigenvalue weighted by atomic mass is 10.2. The molecule has 2 nitrogen and oxygen atoms in total. The second-order valence-electron chi connectivity index (χ2n) is 3.76. The Morgan fingerprint density at radius 3 is 2.22 bits per heavy atom. The lowest BCUT2D eigenvalue weighted by Crippen LogP contribution is -2.03. The highest BCUT2D eigenvalue weighted by Crippen LogP contribution is 2.26. The van der Waals surface area contributed by atoms with Crippen LogP contribution in [-0.2, 0) is 16.5 Å². The van der Waals surface area contributed by atoms with Gasteiger partial charge in [-0.15, -0.1) is 0 Å². The molecule has 93 valence electrons. The van der Waals surface area contributed by atoms with Crippen molar-refractivity contribution in [2.45, 2.75) is 12.9 Å². The molecule has 18 heavy (non-hydrogen) atoms. The van der Waals surface area contributed by atoms with Crippen LogP contribution in [0.5, 0.6) is 0 Å². The van der Waals surface area contributed by atoms with Crippen molar-refractivity contribution < 1.29 is 9.84 Å². The Hall–Kier alpha value is -0.680. The summed E-state index contributed by atoms with van der Waals surface area (Å²) in [5.41, 5.74) is 1.58. The van der Waals surface area contributed by atoms with Crippen LogP contribution in [0, 0.1) is 0 Å². The van der Waals surface area contributed by atoms with Gasteiger partial charge in [0.25, 0.3) is 0 Å². The molecule has 0 aliphatic carbocycles. The van der Waals surface area contributed by atoms with Crippen LogP contribution >= 0.6 is 31.9 Å². The number of hydrogen-bond donors (Lipinski definition) is 0. The molecule has 0 fully saturated rings. The third-order valence-corrected chi connectivity index (χ3v) is 4.00. The van der Waals surface area contributed by atoms with Crippen molar-refractivity contribution >= 4 is 31.9 Å². The molecule has 0 aliphatic rings. The van der Waals surface area contributed by atoms with E-state index in [-0.39, 0.29) is 6.61 Å². The van der Waals surface area contributed by atoms with Crippen molar-refractivity contribution in [3.05, 3.63) is 68.6 Å². The number of halogens is 2. The maximum atomic E-state index is 12.0. The van der Waals surface area contributed by atoms with Gasteiger partial charge in [-0.2, -0.15) is 5.11 Å². The van der Waals surface area contributed by atoms with Crippen molar-refractivity contribution in [2.75, 3.05) is 0 Å². The second kappa shape index (κ2) is 6.48. The fourth-order valence-corrected chi connectivity index (χ4v) is 2.41. The maximum Gasteiger partial charge on any atom is 0.218 e. The Kier molecular flexibility index (Phi) is 4.95. The average molecular weight is 371 g/mol. The Labute approximate surface area is 123 Å². The average Bonchev–Trinajstić information content (AvgIpc) is 2.38. The highest BCUT2D eigenvalue weighted by molar-refractivity contribution is 9.10. The van der Waals surface area contributed by atoms with Gasteiger partial charge in [-0.3, -0.25) is 0 Å². The smallest absolute Gasteiger partial charge is 0.218 e. The summed E-state index contributed by atoms with van der Waals surface area (Å²) in [6, 6.07) is 15.0. The van der Waals surface area contributed by atoms with Gasteiger partial charge in [-0.25, -0.2) is 0 Å². The normalized spacial score (nSPS) is 12.4. The first-order valence-corrected chi connectivity index (χ1v) is 7.02. The van der Waals surface area contributed by atoms with Crippen molar-refractivity contribution in [2.24, 2.45) is 0 Å². The Bertz CT molecular complexity index is 529. The first kappa shape index (κ1) is 13.7. The first-order chi connectivity index (χ1) is 8.68. The topological polar surface area (TPSA) is 29.1 Å². The fraction of sp³-hybridized carbons (Fsp3) is 0.143. The quantitative estimate of drug-likeness (QED) is 0.706. The predicted octanol–water partition coefficient (Wildman–Crippen LogP) is 4.86. The van der Waals surface area contributed by atoms with Gasteiger partial charge >= 0.3 is 0 Å². The second-order valence-corrected chi connectivity index (χ2v) is 5.46. The van der Waals surface area contributed by atoms with E-state index < -0.39 is 6.29 Å². The van der Waals surface area contributed by atoms with Gasteiger partial charge in [0.15, 0.2) is 0 Å². The minimum absolute atomic E-state index is 0.289. The van der Waals surface area contributed by atoms with Crippen LogP contribution < -0.4 is 0 Å². The van der Waals surface area contributed by atoms with E-state index in [2.05, 4.69) is 31.9 Å². The molecular formula is C14H11Br2O2. The Balaban J connectivity index is 2.03. The maximum absolute atomic E-state index is 12.0. The summed E-state index contributed by atoms with van der Waals surface area (Å²) >= 11 is 6.77. The number of benzene rings is 2. The lowest BCUT2D eigenvalue weighted by molar-refractivity contribution is -0.152. The molecule has 0 aliphatic heterocycles. The third kappa shape index (κ3) is 3.42. The zero-order chi connectivity index (χ0) is 13.0. The molecular weight excluding hydrogens is 360 g/mol. The van der Waals surface area contributed by atoms with Crippen LogP contribution in [0.3, 0.4) is 0 Å². The summed E-state index contributed by atoms with van der Waals surface area (Å²) < 4.78 is 7.08. The zero-order valence-corrected chi connectivity index (χ0v) is 12.6. The monoisotopic (exact) mass is 369 g/mol. The molecule has 0 saturated carbocycles. The molecule has 0 bridgehead atoms. The van der Waals surface area contributed by atoms with Gasteiger partial charge in [-0.1, -0.05) is 68.3 Å². The van der Waals surface area contributed by atoms with E-state index in [4.69, 9.17) is 4.74 Å². The summed E-state index contributed by atoms with van der Waals surface area (Å²) in [6.07, 6.45) is -1.19. The van der Waals surface area contributed by atoms with Crippen LogP contribution in [-0.4, -0.2) is 0 Å². The Morgan fingerprint density at radius 2 is 1.56 bits per heavy atom. The highest BCUT2D eigenvalue weighted by atomic mass is 79.9. The molecule has 1 atom stereocenters. The van der Waals surface area contributed by atoms with Gasteiger partial charge in [0.05, 0.1) is 6.61 Å². The summed E-state index contributed by atoms with van der Waals surface area (Å²) in [4.78, 5) is 0. The fourth-order valence-electron chi connectivity index (χ4n) is 1.54. The van der Waals surface area contributed by atoms with Gasteiger partial charge in [-0.05, 0) is 17.7 Å². The lowest BCUT2D eigenvalue weighted by Gasteiger charge is -2.12. The van der Waals surface area contributed by atoms with Gasteiger partial charge in [0, 0.05) is 14.5 Å². The van der Waals surface area contributed by atoms with Crippen molar-refractivity contribution in [1.82, 2.24) is 0 Å².